The third kappa shape index (κ3) is 3.59. The summed E-state index contributed by atoms with van der Waals surface area (Å²) in [6.45, 7) is 4.14. The fraction of sp³-hybridized carbons (Fsp3) is 0.150. The van der Waals surface area contributed by atoms with Crippen molar-refractivity contribution in [2.24, 2.45) is 0 Å². The highest BCUT2D eigenvalue weighted by Gasteiger charge is 2.12. The average molecular weight is 394 g/mol. The number of fused-ring (bicyclic) bond motifs is 1. The molecule has 0 bridgehead atoms. The number of nitrogens with zero attached hydrogens (tertiary/aromatic N) is 2. The SMILES string of the molecule is Cc1cccc(-n2ccnc2SCC(=O)Nc2ccc3oc(=O)[nH]c3c2)c1C. The monoisotopic (exact) mass is 394 g/mol. The van der Waals surface area contributed by atoms with Crippen LogP contribution >= 0.6 is 11.8 Å². The largest absolute Gasteiger partial charge is 0.417 e. The normalized spacial score (nSPS) is 11.1. The van der Waals surface area contributed by atoms with Gasteiger partial charge in [-0.1, -0.05) is 23.9 Å². The Morgan fingerprint density at radius 1 is 1.29 bits per heavy atom. The van der Waals surface area contributed by atoms with E-state index >= 15 is 0 Å². The van der Waals surface area contributed by atoms with Gasteiger partial charge in [0.2, 0.25) is 5.91 Å². The first-order valence-electron chi connectivity index (χ1n) is 8.67. The van der Waals surface area contributed by atoms with Crippen molar-refractivity contribution < 1.29 is 9.21 Å². The number of anilines is 1. The third-order valence-electron chi connectivity index (χ3n) is 4.48. The summed E-state index contributed by atoms with van der Waals surface area (Å²) in [7, 11) is 0. The van der Waals surface area contributed by atoms with Crippen molar-refractivity contribution in [3.05, 3.63) is 70.5 Å². The highest BCUT2D eigenvalue weighted by molar-refractivity contribution is 7.99. The van der Waals surface area contributed by atoms with E-state index in [1.165, 1.54) is 22.9 Å². The van der Waals surface area contributed by atoms with E-state index in [1.807, 2.05) is 22.9 Å². The maximum Gasteiger partial charge on any atom is 0.417 e. The number of nitrogens with one attached hydrogen (secondary N) is 2. The summed E-state index contributed by atoms with van der Waals surface area (Å²) in [6, 6.07) is 11.1. The van der Waals surface area contributed by atoms with Crippen molar-refractivity contribution in [2.75, 3.05) is 11.1 Å². The molecule has 2 N–H and O–H groups in total. The number of hydrogen-bond donors (Lipinski definition) is 2. The molecule has 8 heteroatoms. The number of oxazole rings is 1. The van der Waals surface area contributed by atoms with Gasteiger partial charge in [0.25, 0.3) is 0 Å². The molecule has 0 aliphatic rings. The van der Waals surface area contributed by atoms with E-state index in [0.717, 1.165) is 10.8 Å². The van der Waals surface area contributed by atoms with Gasteiger partial charge in [-0.15, -0.1) is 0 Å². The molecule has 0 saturated carbocycles. The Labute approximate surface area is 164 Å². The van der Waals surface area contributed by atoms with E-state index in [1.54, 1.807) is 24.4 Å². The van der Waals surface area contributed by atoms with Gasteiger partial charge in [0.15, 0.2) is 10.7 Å². The lowest BCUT2D eigenvalue weighted by Crippen LogP contribution is -2.14. The summed E-state index contributed by atoms with van der Waals surface area (Å²) in [5.74, 6) is -0.472. The van der Waals surface area contributed by atoms with Gasteiger partial charge in [-0.2, -0.15) is 0 Å². The number of carbonyl (C=O) groups is 1. The number of H-pyrrole nitrogens is 1. The topological polar surface area (TPSA) is 92.9 Å². The van der Waals surface area contributed by atoms with Gasteiger partial charge in [-0.05, 0) is 49.2 Å². The maximum absolute atomic E-state index is 12.4. The van der Waals surface area contributed by atoms with E-state index in [0.29, 0.717) is 16.8 Å². The second kappa shape index (κ2) is 7.40. The number of aromatic nitrogens is 3. The second-order valence-electron chi connectivity index (χ2n) is 6.36. The van der Waals surface area contributed by atoms with Gasteiger partial charge < -0.3 is 9.73 Å². The highest BCUT2D eigenvalue weighted by atomic mass is 32.2. The molecule has 0 fully saturated rings. The summed E-state index contributed by atoms with van der Waals surface area (Å²) in [6.07, 6.45) is 3.62. The lowest BCUT2D eigenvalue weighted by Gasteiger charge is -2.12. The molecule has 4 aromatic rings. The van der Waals surface area contributed by atoms with Crippen LogP contribution in [0.3, 0.4) is 0 Å². The molecular weight excluding hydrogens is 376 g/mol. The zero-order valence-corrected chi connectivity index (χ0v) is 16.2. The van der Waals surface area contributed by atoms with Crippen LogP contribution in [0.15, 0.2) is 63.2 Å². The molecule has 0 spiro atoms. The van der Waals surface area contributed by atoms with Gasteiger partial charge in [0, 0.05) is 18.1 Å². The van der Waals surface area contributed by atoms with E-state index in [4.69, 9.17) is 4.42 Å². The van der Waals surface area contributed by atoms with Crippen LogP contribution in [0.5, 0.6) is 0 Å². The molecule has 0 aliphatic carbocycles. The molecule has 2 aromatic heterocycles. The minimum absolute atomic E-state index is 0.161. The smallest absolute Gasteiger partial charge is 0.408 e. The van der Waals surface area contributed by atoms with E-state index in [2.05, 4.69) is 35.2 Å². The first-order valence-corrected chi connectivity index (χ1v) is 9.65. The zero-order chi connectivity index (χ0) is 19.7. The van der Waals surface area contributed by atoms with E-state index < -0.39 is 5.76 Å². The lowest BCUT2D eigenvalue weighted by molar-refractivity contribution is -0.113. The number of aromatic amines is 1. The first kappa shape index (κ1) is 18.1. The fourth-order valence-corrected chi connectivity index (χ4v) is 3.70. The van der Waals surface area contributed by atoms with E-state index in [9.17, 15) is 9.59 Å². The molecule has 142 valence electrons. The molecular formula is C20H18N4O3S. The van der Waals surface area contributed by atoms with Gasteiger partial charge in [-0.3, -0.25) is 14.3 Å². The summed E-state index contributed by atoms with van der Waals surface area (Å²) >= 11 is 1.36. The quantitative estimate of drug-likeness (QED) is 0.504. The Morgan fingerprint density at radius 3 is 3.00 bits per heavy atom. The van der Waals surface area contributed by atoms with Crippen LogP contribution in [0.1, 0.15) is 11.1 Å². The molecule has 0 atom stereocenters. The number of benzene rings is 2. The predicted octanol–water partition coefficient (Wildman–Crippen LogP) is 3.65. The molecule has 4 rings (SSSR count). The van der Waals surface area contributed by atoms with Crippen LogP contribution in [0.4, 0.5) is 5.69 Å². The van der Waals surface area contributed by atoms with Crippen molar-refractivity contribution in [3.8, 4) is 5.69 Å². The Balaban J connectivity index is 1.46. The Morgan fingerprint density at radius 2 is 2.14 bits per heavy atom. The summed E-state index contributed by atoms with van der Waals surface area (Å²) in [4.78, 5) is 30.5. The maximum atomic E-state index is 12.4. The molecule has 0 unspecified atom stereocenters. The minimum atomic E-state index is -0.521. The van der Waals surface area contributed by atoms with Crippen LogP contribution in [-0.4, -0.2) is 26.2 Å². The molecule has 1 amide bonds. The van der Waals surface area contributed by atoms with Gasteiger partial charge in [0.1, 0.15) is 0 Å². The first-order chi connectivity index (χ1) is 13.5. The molecule has 0 radical (unpaired) electrons. The number of hydrogen-bond acceptors (Lipinski definition) is 5. The zero-order valence-electron chi connectivity index (χ0n) is 15.4. The van der Waals surface area contributed by atoms with E-state index in [-0.39, 0.29) is 11.7 Å². The fourth-order valence-electron chi connectivity index (χ4n) is 2.93. The van der Waals surface area contributed by atoms with Crippen LogP contribution in [-0.2, 0) is 4.79 Å². The number of thioether (sulfide) groups is 1. The minimum Gasteiger partial charge on any atom is -0.408 e. The molecule has 2 aromatic carbocycles. The third-order valence-corrected chi connectivity index (χ3v) is 5.44. The van der Waals surface area contributed by atoms with Crippen LogP contribution in [0.2, 0.25) is 0 Å². The summed E-state index contributed by atoms with van der Waals surface area (Å²) in [5, 5.41) is 3.57. The highest BCUT2D eigenvalue weighted by Crippen LogP contribution is 2.24. The predicted molar refractivity (Wildman–Crippen MR) is 109 cm³/mol. The standard InChI is InChI=1S/C20H18N4O3S/c1-12-4-3-5-16(13(12)2)24-9-8-21-19(24)28-11-18(25)22-14-6-7-17-15(10-14)23-20(26)27-17/h3-10H,11H2,1-2H3,(H,22,25)(H,23,26). The summed E-state index contributed by atoms with van der Waals surface area (Å²) < 4.78 is 6.95. The number of amides is 1. The van der Waals surface area contributed by atoms with Crippen LogP contribution < -0.4 is 11.1 Å². The van der Waals surface area contributed by atoms with Crippen LogP contribution in [0.25, 0.3) is 16.8 Å². The van der Waals surface area contributed by atoms with Gasteiger partial charge in [0.05, 0.1) is 17.0 Å². The molecule has 28 heavy (non-hydrogen) atoms. The Bertz CT molecular complexity index is 1220. The Kier molecular flexibility index (Phi) is 4.79. The Hall–Kier alpha value is -3.26. The number of carbonyl (C=O) groups excluding carboxylic acids is 1. The molecule has 0 saturated heterocycles. The molecule has 7 nitrogen and oxygen atoms in total. The molecule has 2 heterocycles. The van der Waals surface area contributed by atoms with Gasteiger partial charge >= 0.3 is 5.76 Å². The average Bonchev–Trinajstić information content (AvgIpc) is 3.27. The lowest BCUT2D eigenvalue weighted by atomic mass is 10.1. The number of imidazole rings is 1. The van der Waals surface area contributed by atoms with Gasteiger partial charge in [-0.25, -0.2) is 9.78 Å². The number of rotatable bonds is 5. The van der Waals surface area contributed by atoms with Crippen molar-refractivity contribution in [2.45, 2.75) is 19.0 Å². The number of aryl methyl sites for hydroxylation is 1. The van der Waals surface area contributed by atoms with Crippen molar-refractivity contribution >= 4 is 34.5 Å². The second-order valence-corrected chi connectivity index (χ2v) is 7.30. The van der Waals surface area contributed by atoms with Crippen molar-refractivity contribution in [1.29, 1.82) is 0 Å². The van der Waals surface area contributed by atoms with Crippen LogP contribution in [0, 0.1) is 13.8 Å². The van der Waals surface area contributed by atoms with Crippen molar-refractivity contribution in [1.82, 2.24) is 14.5 Å². The molecule has 0 aliphatic heterocycles. The van der Waals surface area contributed by atoms with Crippen molar-refractivity contribution in [3.63, 3.8) is 0 Å². The summed E-state index contributed by atoms with van der Waals surface area (Å²) in [5.41, 5.74) is 5.01.